The van der Waals surface area contributed by atoms with Gasteiger partial charge in [0.25, 0.3) is 0 Å². The van der Waals surface area contributed by atoms with Gasteiger partial charge in [0, 0.05) is 6.26 Å². The number of rotatable bonds is 3. The second kappa shape index (κ2) is 6.22. The molecule has 7 heteroatoms. The standard InChI is InChI=1S/C17H16FNO3S2/c1-11-3-6-13(18)9-15(11)19-16(20)10-23-17(19)12-4-7-14(8-5-12)24(2,21)22/h3-9,17H,10H2,1-2H3. The van der Waals surface area contributed by atoms with Gasteiger partial charge in [-0.25, -0.2) is 12.8 Å². The number of aryl methyl sites for hydroxylation is 1. The molecule has 1 atom stereocenters. The molecule has 0 spiro atoms. The topological polar surface area (TPSA) is 54.5 Å². The molecule has 3 rings (SSSR count). The smallest absolute Gasteiger partial charge is 0.238 e. The van der Waals surface area contributed by atoms with E-state index in [-0.39, 0.29) is 16.2 Å². The van der Waals surface area contributed by atoms with Gasteiger partial charge >= 0.3 is 0 Å². The first-order chi connectivity index (χ1) is 11.3. The number of anilines is 1. The third-order valence-electron chi connectivity index (χ3n) is 3.89. The molecule has 0 saturated carbocycles. The molecule has 126 valence electrons. The average molecular weight is 365 g/mol. The van der Waals surface area contributed by atoms with E-state index in [1.807, 2.05) is 6.92 Å². The van der Waals surface area contributed by atoms with E-state index < -0.39 is 15.7 Å². The van der Waals surface area contributed by atoms with Gasteiger partial charge in [-0.3, -0.25) is 9.69 Å². The molecule has 1 amide bonds. The Hall–Kier alpha value is -1.86. The van der Waals surface area contributed by atoms with Gasteiger partial charge in [0.2, 0.25) is 5.91 Å². The van der Waals surface area contributed by atoms with E-state index in [1.165, 1.54) is 36.0 Å². The first kappa shape index (κ1) is 17.0. The Kier molecular flexibility index (Phi) is 4.40. The molecule has 2 aromatic carbocycles. The van der Waals surface area contributed by atoms with Crippen molar-refractivity contribution in [2.45, 2.75) is 17.2 Å². The summed E-state index contributed by atoms with van der Waals surface area (Å²) in [5.74, 6) is -0.189. The van der Waals surface area contributed by atoms with Crippen LogP contribution < -0.4 is 4.90 Å². The molecule has 1 unspecified atom stereocenters. The van der Waals surface area contributed by atoms with E-state index in [9.17, 15) is 17.6 Å². The summed E-state index contributed by atoms with van der Waals surface area (Å²) in [6.07, 6.45) is 1.15. The molecule has 1 fully saturated rings. The molecule has 1 heterocycles. The van der Waals surface area contributed by atoms with E-state index >= 15 is 0 Å². The third-order valence-corrected chi connectivity index (χ3v) is 6.23. The maximum absolute atomic E-state index is 13.6. The molecule has 24 heavy (non-hydrogen) atoms. The molecule has 2 aromatic rings. The largest absolute Gasteiger partial charge is 0.295 e. The lowest BCUT2D eigenvalue weighted by molar-refractivity contribution is -0.115. The Balaban J connectivity index is 2.01. The van der Waals surface area contributed by atoms with Crippen LogP contribution in [0.4, 0.5) is 10.1 Å². The van der Waals surface area contributed by atoms with Gasteiger partial charge < -0.3 is 0 Å². The maximum atomic E-state index is 13.6. The highest BCUT2D eigenvalue weighted by molar-refractivity contribution is 8.00. The molecular weight excluding hydrogens is 349 g/mol. The summed E-state index contributed by atoms with van der Waals surface area (Å²) in [6.45, 7) is 1.83. The molecule has 0 bridgehead atoms. The number of benzene rings is 2. The third kappa shape index (κ3) is 3.18. The number of halogens is 1. The van der Waals surface area contributed by atoms with E-state index in [0.29, 0.717) is 11.4 Å². The number of carbonyl (C=O) groups excluding carboxylic acids is 1. The van der Waals surface area contributed by atoms with Gasteiger partial charge in [-0.15, -0.1) is 11.8 Å². The van der Waals surface area contributed by atoms with Crippen LogP contribution in [0.15, 0.2) is 47.4 Å². The molecule has 1 aliphatic rings. The van der Waals surface area contributed by atoms with Crippen LogP contribution in [0.5, 0.6) is 0 Å². The van der Waals surface area contributed by atoms with Crippen LogP contribution in [-0.4, -0.2) is 26.3 Å². The Bertz CT molecular complexity index is 895. The highest BCUT2D eigenvalue weighted by Crippen LogP contribution is 2.43. The highest BCUT2D eigenvalue weighted by Gasteiger charge is 2.35. The molecule has 0 N–H and O–H groups in total. The number of sulfone groups is 1. The molecule has 0 radical (unpaired) electrons. The number of amides is 1. The van der Waals surface area contributed by atoms with Crippen molar-refractivity contribution in [2.75, 3.05) is 16.9 Å². The molecule has 4 nitrogen and oxygen atoms in total. The number of thioether (sulfide) groups is 1. The van der Waals surface area contributed by atoms with Gasteiger partial charge in [-0.1, -0.05) is 18.2 Å². The molecule has 0 aliphatic carbocycles. The van der Waals surface area contributed by atoms with Crippen molar-refractivity contribution in [2.24, 2.45) is 0 Å². The lowest BCUT2D eigenvalue weighted by Crippen LogP contribution is -2.28. The number of hydrogen-bond acceptors (Lipinski definition) is 4. The predicted molar refractivity (Wildman–Crippen MR) is 93.4 cm³/mol. The Morgan fingerprint density at radius 1 is 1.17 bits per heavy atom. The van der Waals surface area contributed by atoms with Crippen LogP contribution in [0, 0.1) is 12.7 Å². The van der Waals surface area contributed by atoms with Crippen molar-refractivity contribution in [3.8, 4) is 0 Å². The van der Waals surface area contributed by atoms with Crippen LogP contribution in [0.3, 0.4) is 0 Å². The first-order valence-corrected chi connectivity index (χ1v) is 10.2. The van der Waals surface area contributed by atoms with Crippen molar-refractivity contribution < 1.29 is 17.6 Å². The Morgan fingerprint density at radius 3 is 2.46 bits per heavy atom. The second-order valence-electron chi connectivity index (χ2n) is 5.70. The van der Waals surface area contributed by atoms with E-state index in [1.54, 1.807) is 23.1 Å². The normalized spacial score (nSPS) is 18.2. The Labute approximate surface area is 144 Å². The monoisotopic (exact) mass is 365 g/mol. The minimum Gasteiger partial charge on any atom is -0.295 e. The fourth-order valence-electron chi connectivity index (χ4n) is 2.65. The second-order valence-corrected chi connectivity index (χ2v) is 8.78. The number of nitrogens with zero attached hydrogens (tertiary/aromatic N) is 1. The summed E-state index contributed by atoms with van der Waals surface area (Å²) in [5, 5.41) is -0.299. The zero-order chi connectivity index (χ0) is 17.5. The van der Waals surface area contributed by atoms with Crippen LogP contribution in [0.1, 0.15) is 16.5 Å². The van der Waals surface area contributed by atoms with Gasteiger partial charge in [0.15, 0.2) is 9.84 Å². The van der Waals surface area contributed by atoms with Crippen molar-refractivity contribution in [3.63, 3.8) is 0 Å². The van der Waals surface area contributed by atoms with Crippen LogP contribution in [0.2, 0.25) is 0 Å². The van der Waals surface area contributed by atoms with Gasteiger partial charge in [-0.2, -0.15) is 0 Å². The Morgan fingerprint density at radius 2 is 1.83 bits per heavy atom. The lowest BCUT2D eigenvalue weighted by Gasteiger charge is -2.26. The molecular formula is C17H16FNO3S2. The summed E-state index contributed by atoms with van der Waals surface area (Å²) in [4.78, 5) is 14.1. The number of hydrogen-bond donors (Lipinski definition) is 0. The fraction of sp³-hybridized carbons (Fsp3) is 0.235. The van der Waals surface area contributed by atoms with E-state index in [2.05, 4.69) is 0 Å². The summed E-state index contributed by atoms with van der Waals surface area (Å²) in [7, 11) is -3.27. The highest BCUT2D eigenvalue weighted by atomic mass is 32.2. The number of carbonyl (C=O) groups is 1. The summed E-state index contributed by atoms with van der Waals surface area (Å²) < 4.78 is 36.8. The van der Waals surface area contributed by atoms with Crippen molar-refractivity contribution in [1.29, 1.82) is 0 Å². The minimum absolute atomic E-state index is 0.0918. The van der Waals surface area contributed by atoms with Gasteiger partial charge in [-0.05, 0) is 42.3 Å². The lowest BCUT2D eigenvalue weighted by atomic mass is 10.1. The van der Waals surface area contributed by atoms with Crippen LogP contribution >= 0.6 is 11.8 Å². The van der Waals surface area contributed by atoms with Crippen molar-refractivity contribution in [3.05, 3.63) is 59.4 Å². The summed E-state index contributed by atoms with van der Waals surface area (Å²) in [5.41, 5.74) is 2.16. The minimum atomic E-state index is -3.27. The van der Waals surface area contributed by atoms with Crippen molar-refractivity contribution >= 4 is 33.2 Å². The van der Waals surface area contributed by atoms with Gasteiger partial charge in [0.1, 0.15) is 11.2 Å². The summed E-state index contributed by atoms with van der Waals surface area (Å²) in [6, 6.07) is 10.8. The van der Waals surface area contributed by atoms with Crippen LogP contribution in [0.25, 0.3) is 0 Å². The average Bonchev–Trinajstić information content (AvgIpc) is 2.90. The van der Waals surface area contributed by atoms with Crippen LogP contribution in [-0.2, 0) is 14.6 Å². The zero-order valence-corrected chi connectivity index (χ0v) is 14.8. The molecule has 0 aromatic heterocycles. The SMILES string of the molecule is Cc1ccc(F)cc1N1C(=O)CSC1c1ccc(S(C)(=O)=O)cc1. The quantitative estimate of drug-likeness (QED) is 0.837. The fourth-order valence-corrected chi connectivity index (χ4v) is 4.45. The predicted octanol–water partition coefficient (Wildman–Crippen LogP) is 3.32. The van der Waals surface area contributed by atoms with E-state index in [0.717, 1.165) is 17.4 Å². The van der Waals surface area contributed by atoms with Gasteiger partial charge in [0.05, 0.1) is 16.3 Å². The maximum Gasteiger partial charge on any atom is 0.238 e. The summed E-state index contributed by atoms with van der Waals surface area (Å²) >= 11 is 1.44. The van der Waals surface area contributed by atoms with Crippen molar-refractivity contribution in [1.82, 2.24) is 0 Å². The molecule has 1 aliphatic heterocycles. The molecule has 1 saturated heterocycles. The van der Waals surface area contributed by atoms with E-state index in [4.69, 9.17) is 0 Å². The zero-order valence-electron chi connectivity index (χ0n) is 13.2. The first-order valence-electron chi connectivity index (χ1n) is 7.27.